The molecule has 3 amide bonds. The number of nitrogens with zero attached hydrogens (tertiary/aromatic N) is 1. The van der Waals surface area contributed by atoms with E-state index >= 15 is 0 Å². The van der Waals surface area contributed by atoms with Crippen molar-refractivity contribution in [2.75, 3.05) is 19.6 Å². The van der Waals surface area contributed by atoms with E-state index in [0.29, 0.717) is 31.1 Å². The molecule has 3 atom stereocenters. The zero-order valence-corrected chi connectivity index (χ0v) is 23.7. The fraction of sp³-hybridized carbons (Fsp3) is 0.567. The molecule has 1 aromatic carbocycles. The number of carbonyl (C=O) groups excluding carboxylic acids is 3. The third kappa shape index (κ3) is 9.28. The largest absolute Gasteiger partial charge is 0.391 e. The van der Waals surface area contributed by atoms with Gasteiger partial charge in [0.2, 0.25) is 17.7 Å². The van der Waals surface area contributed by atoms with Crippen LogP contribution in [-0.2, 0) is 20.8 Å². The number of nitrogens with one attached hydrogen (secondary N) is 1. The lowest BCUT2D eigenvalue weighted by Crippen LogP contribution is -2.49. The summed E-state index contributed by atoms with van der Waals surface area (Å²) in [6.45, 7) is 9.52. The van der Waals surface area contributed by atoms with Gasteiger partial charge in [0.05, 0.1) is 11.5 Å². The molecular weight excluding hydrogens is 499 g/mol. The van der Waals surface area contributed by atoms with E-state index in [1.807, 2.05) is 27.7 Å². The maximum absolute atomic E-state index is 13.8. The number of primary amides is 1. The van der Waals surface area contributed by atoms with Crippen molar-refractivity contribution in [1.29, 1.82) is 0 Å². The Morgan fingerprint density at radius 3 is 2.28 bits per heavy atom. The molecule has 0 fully saturated rings. The first kappa shape index (κ1) is 32.2. The van der Waals surface area contributed by atoms with Crippen molar-refractivity contribution in [3.8, 4) is 0 Å². The van der Waals surface area contributed by atoms with Crippen LogP contribution in [-0.4, -0.2) is 59.5 Å². The molecular formula is C30H45FN4O4. The summed E-state index contributed by atoms with van der Waals surface area (Å²) >= 11 is 0. The molecule has 8 nitrogen and oxygen atoms in total. The number of carbonyl (C=O) groups is 3. The predicted octanol–water partition coefficient (Wildman–Crippen LogP) is 2.99. The lowest BCUT2D eigenvalue weighted by atomic mass is 9.70. The Morgan fingerprint density at radius 1 is 1.13 bits per heavy atom. The number of hydrogen-bond acceptors (Lipinski definition) is 5. The van der Waals surface area contributed by atoms with Crippen LogP contribution < -0.4 is 16.8 Å². The van der Waals surface area contributed by atoms with Gasteiger partial charge in [-0.05, 0) is 68.2 Å². The Morgan fingerprint density at radius 2 is 1.74 bits per heavy atom. The molecule has 0 saturated heterocycles. The number of hydrogen-bond donors (Lipinski definition) is 4. The Balaban J connectivity index is 2.43. The van der Waals surface area contributed by atoms with Crippen molar-refractivity contribution >= 4 is 17.7 Å². The number of benzene rings is 1. The minimum absolute atomic E-state index is 0.000379. The summed E-state index contributed by atoms with van der Waals surface area (Å²) in [6, 6.07) is 5.06. The second-order valence-electron chi connectivity index (χ2n) is 11.0. The van der Waals surface area contributed by atoms with Crippen molar-refractivity contribution in [3.05, 3.63) is 58.9 Å². The number of amides is 3. The Labute approximate surface area is 231 Å². The molecule has 0 radical (unpaired) electrons. The van der Waals surface area contributed by atoms with Gasteiger partial charge < -0.3 is 26.8 Å². The van der Waals surface area contributed by atoms with E-state index in [2.05, 4.69) is 5.32 Å². The van der Waals surface area contributed by atoms with E-state index < -0.39 is 29.4 Å². The fourth-order valence-corrected chi connectivity index (χ4v) is 4.88. The van der Waals surface area contributed by atoms with Crippen LogP contribution in [0.4, 0.5) is 4.39 Å². The molecule has 0 bridgehead atoms. The normalized spacial score (nSPS) is 18.7. The minimum atomic E-state index is -1.41. The van der Waals surface area contributed by atoms with E-state index in [1.54, 1.807) is 17.0 Å². The lowest BCUT2D eigenvalue weighted by Gasteiger charge is -2.37. The van der Waals surface area contributed by atoms with Crippen LogP contribution >= 0.6 is 0 Å². The molecule has 0 aliphatic heterocycles. The molecule has 0 aromatic heterocycles. The minimum Gasteiger partial charge on any atom is -0.391 e. The van der Waals surface area contributed by atoms with Gasteiger partial charge in [-0.25, -0.2) is 4.39 Å². The SMILES string of the molecule is CCCN(CCC)C(=O)C1=CC(C(N)=O)=CC(C[C@@H](O)[C@@H](N)Cc2ccc(F)cc2)(C(=O)NCCC(C)C)C1. The Hall–Kier alpha value is -3.04. The van der Waals surface area contributed by atoms with E-state index in [1.165, 1.54) is 24.3 Å². The molecule has 1 unspecified atom stereocenters. The van der Waals surface area contributed by atoms with Crippen molar-refractivity contribution in [2.24, 2.45) is 22.8 Å². The van der Waals surface area contributed by atoms with Gasteiger partial charge in [0.15, 0.2) is 0 Å². The number of aliphatic hydroxyl groups excluding tert-OH is 1. The van der Waals surface area contributed by atoms with Crippen molar-refractivity contribution in [3.63, 3.8) is 0 Å². The van der Waals surface area contributed by atoms with Crippen LogP contribution in [0, 0.1) is 17.2 Å². The summed E-state index contributed by atoms with van der Waals surface area (Å²) in [5.74, 6) is -1.43. The van der Waals surface area contributed by atoms with Crippen LogP contribution in [0.3, 0.4) is 0 Å². The molecule has 1 aromatic rings. The summed E-state index contributed by atoms with van der Waals surface area (Å²) in [5.41, 5.74) is 11.7. The molecule has 0 heterocycles. The quantitative estimate of drug-likeness (QED) is 0.269. The third-order valence-corrected chi connectivity index (χ3v) is 7.01. The van der Waals surface area contributed by atoms with Gasteiger partial charge in [-0.3, -0.25) is 14.4 Å². The molecule has 0 spiro atoms. The van der Waals surface area contributed by atoms with Crippen LogP contribution in [0.15, 0.2) is 47.6 Å². The molecule has 1 aliphatic carbocycles. The van der Waals surface area contributed by atoms with Crippen molar-refractivity contribution in [1.82, 2.24) is 10.2 Å². The molecule has 2 rings (SSSR count). The van der Waals surface area contributed by atoms with E-state index in [-0.39, 0.29) is 36.6 Å². The van der Waals surface area contributed by atoms with Gasteiger partial charge in [0.1, 0.15) is 5.82 Å². The first-order valence-corrected chi connectivity index (χ1v) is 13.9. The maximum Gasteiger partial charge on any atom is 0.249 e. The van der Waals surface area contributed by atoms with Gasteiger partial charge >= 0.3 is 0 Å². The number of aliphatic hydroxyl groups is 1. The summed E-state index contributed by atoms with van der Waals surface area (Å²) in [4.78, 5) is 41.4. The maximum atomic E-state index is 13.8. The van der Waals surface area contributed by atoms with Crippen LogP contribution in [0.2, 0.25) is 0 Å². The highest BCUT2D eigenvalue weighted by Crippen LogP contribution is 2.40. The third-order valence-electron chi connectivity index (χ3n) is 7.01. The number of rotatable bonds is 15. The van der Waals surface area contributed by atoms with E-state index in [9.17, 15) is 23.9 Å². The first-order chi connectivity index (χ1) is 18.4. The molecule has 1 aliphatic rings. The Bertz CT molecular complexity index is 1050. The average molecular weight is 545 g/mol. The van der Waals surface area contributed by atoms with Crippen LogP contribution in [0.25, 0.3) is 0 Å². The summed E-state index contributed by atoms with van der Waals surface area (Å²) in [7, 11) is 0. The standard InChI is InChI=1S/C30H45FN4O4/c1-5-13-35(14-6-2)28(38)23-16-22(27(33)37)17-30(18-23,29(39)34-12-11-20(3)4)19-26(36)25(32)15-21-7-9-24(31)10-8-21/h7-10,16-17,20,25-26,36H,5-6,11-15,18-19,32H2,1-4H3,(H2,33,37)(H,34,39)/t25-,26+,30?/m0/s1. The molecule has 0 saturated carbocycles. The van der Waals surface area contributed by atoms with Crippen molar-refractivity contribution in [2.45, 2.75) is 78.4 Å². The topological polar surface area (TPSA) is 139 Å². The highest BCUT2D eigenvalue weighted by atomic mass is 19.1. The first-order valence-electron chi connectivity index (χ1n) is 13.9. The van der Waals surface area contributed by atoms with Gasteiger partial charge in [0.25, 0.3) is 0 Å². The number of nitrogens with two attached hydrogens (primary N) is 2. The number of halogens is 1. The smallest absolute Gasteiger partial charge is 0.249 e. The highest BCUT2D eigenvalue weighted by molar-refractivity contribution is 6.03. The van der Waals surface area contributed by atoms with E-state index in [0.717, 1.165) is 24.8 Å². The summed E-state index contributed by atoms with van der Waals surface area (Å²) < 4.78 is 13.3. The fourth-order valence-electron chi connectivity index (χ4n) is 4.88. The predicted molar refractivity (Wildman–Crippen MR) is 151 cm³/mol. The van der Waals surface area contributed by atoms with Crippen LogP contribution in [0.1, 0.15) is 65.4 Å². The lowest BCUT2D eigenvalue weighted by molar-refractivity contribution is -0.131. The van der Waals surface area contributed by atoms with Gasteiger partial charge in [-0.1, -0.05) is 45.9 Å². The van der Waals surface area contributed by atoms with Gasteiger partial charge in [-0.15, -0.1) is 0 Å². The van der Waals surface area contributed by atoms with Crippen molar-refractivity contribution < 1.29 is 23.9 Å². The second-order valence-corrected chi connectivity index (χ2v) is 11.0. The monoisotopic (exact) mass is 544 g/mol. The summed E-state index contributed by atoms with van der Waals surface area (Å²) in [5, 5.41) is 14.1. The molecule has 6 N–H and O–H groups in total. The average Bonchev–Trinajstić information content (AvgIpc) is 2.88. The zero-order chi connectivity index (χ0) is 29.2. The van der Waals surface area contributed by atoms with E-state index in [4.69, 9.17) is 11.5 Å². The highest BCUT2D eigenvalue weighted by Gasteiger charge is 2.44. The molecule has 9 heteroatoms. The van der Waals surface area contributed by atoms with Crippen LogP contribution in [0.5, 0.6) is 0 Å². The molecule has 216 valence electrons. The Kier molecular flexibility index (Phi) is 12.3. The molecule has 39 heavy (non-hydrogen) atoms. The zero-order valence-electron chi connectivity index (χ0n) is 23.7. The van der Waals surface area contributed by atoms with Gasteiger partial charge in [0, 0.05) is 36.8 Å². The van der Waals surface area contributed by atoms with Gasteiger partial charge in [-0.2, -0.15) is 0 Å². The summed E-state index contributed by atoms with van der Waals surface area (Å²) in [6.07, 6.45) is 4.18. The second kappa shape index (κ2) is 14.9.